The van der Waals surface area contributed by atoms with Crippen molar-refractivity contribution in [3.8, 4) is 0 Å². The van der Waals surface area contributed by atoms with Crippen molar-refractivity contribution >= 4 is 0 Å². The van der Waals surface area contributed by atoms with Crippen LogP contribution in [0.25, 0.3) is 0 Å². The number of rotatable bonds is 3. The van der Waals surface area contributed by atoms with E-state index in [1.165, 1.54) is 11.1 Å². The maximum absolute atomic E-state index is 11.9. The van der Waals surface area contributed by atoms with E-state index in [0.29, 0.717) is 6.42 Å². The minimum atomic E-state index is -2.19. The lowest BCUT2D eigenvalue weighted by molar-refractivity contribution is 0.138. The van der Waals surface area contributed by atoms with Gasteiger partial charge in [-0.1, -0.05) is 18.2 Å². The van der Waals surface area contributed by atoms with Crippen LogP contribution in [0, 0.1) is 13.8 Å². The standard InChI is InChI=1S/C11H14F2/c1-8-3-4-10(7-9(8)2)5-6-11(12)13/h3-4,7,11H,5-6H2,1-2H3. The van der Waals surface area contributed by atoms with Crippen LogP contribution in [0.5, 0.6) is 0 Å². The summed E-state index contributed by atoms with van der Waals surface area (Å²) in [5.41, 5.74) is 3.39. The summed E-state index contributed by atoms with van der Waals surface area (Å²) >= 11 is 0. The molecule has 0 amide bonds. The quantitative estimate of drug-likeness (QED) is 0.674. The topological polar surface area (TPSA) is 0 Å². The molecule has 0 fully saturated rings. The predicted octanol–water partition coefficient (Wildman–Crippen LogP) is 3.50. The third-order valence-corrected chi connectivity index (χ3v) is 2.22. The lowest BCUT2D eigenvalue weighted by atomic mass is 10.0. The van der Waals surface area contributed by atoms with Crippen LogP contribution in [0.3, 0.4) is 0 Å². The lowest BCUT2D eigenvalue weighted by Crippen LogP contribution is -1.95. The molecule has 0 N–H and O–H groups in total. The normalized spacial score (nSPS) is 10.8. The summed E-state index contributed by atoms with van der Waals surface area (Å²) in [6.45, 7) is 4.02. The molecule has 0 nitrogen and oxygen atoms in total. The second-order valence-corrected chi connectivity index (χ2v) is 3.35. The minimum absolute atomic E-state index is 0.0392. The highest BCUT2D eigenvalue weighted by molar-refractivity contribution is 5.29. The Bertz CT molecular complexity index is 279. The molecule has 0 aliphatic heterocycles. The van der Waals surface area contributed by atoms with Crippen molar-refractivity contribution in [3.05, 3.63) is 34.9 Å². The van der Waals surface area contributed by atoms with Crippen LogP contribution in [0.2, 0.25) is 0 Å². The summed E-state index contributed by atoms with van der Waals surface area (Å²) in [7, 11) is 0. The fraction of sp³-hybridized carbons (Fsp3) is 0.455. The molecule has 13 heavy (non-hydrogen) atoms. The first-order valence-corrected chi connectivity index (χ1v) is 4.44. The fourth-order valence-electron chi connectivity index (χ4n) is 1.23. The Morgan fingerprint density at radius 2 is 1.85 bits per heavy atom. The molecule has 0 unspecified atom stereocenters. The first kappa shape index (κ1) is 10.2. The number of hydrogen-bond acceptors (Lipinski definition) is 0. The van der Waals surface area contributed by atoms with Gasteiger partial charge in [0.1, 0.15) is 0 Å². The maximum atomic E-state index is 11.9. The van der Waals surface area contributed by atoms with Gasteiger partial charge in [-0.3, -0.25) is 0 Å². The zero-order valence-corrected chi connectivity index (χ0v) is 7.98. The Hall–Kier alpha value is -0.920. The van der Waals surface area contributed by atoms with Crippen molar-refractivity contribution in [1.29, 1.82) is 0 Å². The summed E-state index contributed by atoms with van der Waals surface area (Å²) < 4.78 is 23.8. The van der Waals surface area contributed by atoms with Crippen molar-refractivity contribution in [2.45, 2.75) is 33.1 Å². The number of halogens is 2. The smallest absolute Gasteiger partial charge is 0.211 e. The molecule has 0 radical (unpaired) electrons. The summed E-state index contributed by atoms with van der Waals surface area (Å²) in [6, 6.07) is 5.89. The first-order chi connectivity index (χ1) is 6.09. The molecule has 0 heterocycles. The molecular weight excluding hydrogens is 170 g/mol. The molecule has 0 aromatic heterocycles. The molecule has 0 bridgehead atoms. The van der Waals surface area contributed by atoms with E-state index in [1.54, 1.807) is 0 Å². The van der Waals surface area contributed by atoms with Crippen LogP contribution < -0.4 is 0 Å². The van der Waals surface area contributed by atoms with Gasteiger partial charge in [0.15, 0.2) is 0 Å². The highest BCUT2D eigenvalue weighted by atomic mass is 19.3. The lowest BCUT2D eigenvalue weighted by Gasteiger charge is -2.04. The Labute approximate surface area is 77.6 Å². The van der Waals surface area contributed by atoms with Crippen LogP contribution in [0.1, 0.15) is 23.1 Å². The highest BCUT2D eigenvalue weighted by Crippen LogP contribution is 2.13. The molecule has 0 aliphatic rings. The third-order valence-electron chi connectivity index (χ3n) is 2.22. The molecule has 0 aliphatic carbocycles. The van der Waals surface area contributed by atoms with Crippen molar-refractivity contribution in [2.75, 3.05) is 0 Å². The second-order valence-electron chi connectivity index (χ2n) is 3.35. The number of hydrogen-bond donors (Lipinski definition) is 0. The van der Waals surface area contributed by atoms with Gasteiger partial charge in [0.25, 0.3) is 0 Å². The third kappa shape index (κ3) is 3.13. The van der Waals surface area contributed by atoms with Crippen molar-refractivity contribution in [1.82, 2.24) is 0 Å². The summed E-state index contributed by atoms with van der Waals surface area (Å²) in [5, 5.41) is 0. The van der Waals surface area contributed by atoms with E-state index in [-0.39, 0.29) is 6.42 Å². The molecule has 1 aromatic rings. The largest absolute Gasteiger partial charge is 0.239 e. The van der Waals surface area contributed by atoms with Gasteiger partial charge in [0.2, 0.25) is 6.43 Å². The number of alkyl halides is 2. The van der Waals surface area contributed by atoms with Crippen molar-refractivity contribution in [2.24, 2.45) is 0 Å². The van der Waals surface area contributed by atoms with E-state index in [4.69, 9.17) is 0 Å². The number of aryl methyl sites for hydroxylation is 3. The molecule has 0 saturated heterocycles. The summed E-state index contributed by atoms with van der Waals surface area (Å²) in [4.78, 5) is 0. The van der Waals surface area contributed by atoms with Crippen molar-refractivity contribution < 1.29 is 8.78 Å². The zero-order valence-electron chi connectivity index (χ0n) is 7.98. The Balaban J connectivity index is 2.63. The first-order valence-electron chi connectivity index (χ1n) is 4.44. The molecule has 72 valence electrons. The Morgan fingerprint density at radius 3 is 2.38 bits per heavy atom. The molecule has 0 saturated carbocycles. The summed E-state index contributed by atoms with van der Waals surface area (Å²) in [6.07, 6.45) is -1.76. The minimum Gasteiger partial charge on any atom is -0.211 e. The van der Waals surface area contributed by atoms with Gasteiger partial charge in [0, 0.05) is 6.42 Å². The van der Waals surface area contributed by atoms with Crippen LogP contribution in [0.15, 0.2) is 18.2 Å². The van der Waals surface area contributed by atoms with Crippen LogP contribution >= 0.6 is 0 Å². The maximum Gasteiger partial charge on any atom is 0.239 e. The van der Waals surface area contributed by atoms with E-state index in [0.717, 1.165) is 5.56 Å². The van der Waals surface area contributed by atoms with Gasteiger partial charge in [-0.05, 0) is 37.0 Å². The van der Waals surface area contributed by atoms with Crippen LogP contribution in [-0.2, 0) is 6.42 Å². The monoisotopic (exact) mass is 184 g/mol. The average Bonchev–Trinajstić information content (AvgIpc) is 2.07. The van der Waals surface area contributed by atoms with E-state index >= 15 is 0 Å². The molecule has 0 atom stereocenters. The van der Waals surface area contributed by atoms with E-state index in [1.807, 2.05) is 32.0 Å². The second kappa shape index (κ2) is 4.35. The molecular formula is C11H14F2. The Kier molecular flexibility index (Phi) is 3.40. The summed E-state index contributed by atoms with van der Waals surface area (Å²) in [5.74, 6) is 0. The van der Waals surface area contributed by atoms with E-state index in [9.17, 15) is 8.78 Å². The van der Waals surface area contributed by atoms with Crippen LogP contribution in [0.4, 0.5) is 8.78 Å². The predicted molar refractivity (Wildman–Crippen MR) is 50.2 cm³/mol. The van der Waals surface area contributed by atoms with Gasteiger partial charge in [-0.2, -0.15) is 0 Å². The van der Waals surface area contributed by atoms with Gasteiger partial charge in [0.05, 0.1) is 0 Å². The van der Waals surface area contributed by atoms with Gasteiger partial charge in [-0.25, -0.2) is 8.78 Å². The zero-order chi connectivity index (χ0) is 9.84. The molecule has 2 heteroatoms. The molecule has 0 spiro atoms. The molecule has 1 rings (SSSR count). The van der Waals surface area contributed by atoms with Crippen molar-refractivity contribution in [3.63, 3.8) is 0 Å². The highest BCUT2D eigenvalue weighted by Gasteiger charge is 2.03. The van der Waals surface area contributed by atoms with Gasteiger partial charge < -0.3 is 0 Å². The number of benzene rings is 1. The Morgan fingerprint density at radius 1 is 1.15 bits per heavy atom. The van der Waals surface area contributed by atoms with E-state index in [2.05, 4.69) is 0 Å². The fourth-order valence-corrected chi connectivity index (χ4v) is 1.23. The average molecular weight is 184 g/mol. The molecule has 1 aromatic carbocycles. The van der Waals surface area contributed by atoms with E-state index < -0.39 is 6.43 Å². The SMILES string of the molecule is Cc1ccc(CCC(F)F)cc1C. The van der Waals surface area contributed by atoms with Gasteiger partial charge in [-0.15, -0.1) is 0 Å². The van der Waals surface area contributed by atoms with Crippen LogP contribution in [-0.4, -0.2) is 6.43 Å². The van der Waals surface area contributed by atoms with Gasteiger partial charge >= 0.3 is 0 Å².